The van der Waals surface area contributed by atoms with Gasteiger partial charge in [-0.3, -0.25) is 4.79 Å². The fraction of sp³-hybridized carbons (Fsp3) is 0.941. The van der Waals surface area contributed by atoms with Crippen molar-refractivity contribution in [3.63, 3.8) is 0 Å². The molecule has 0 spiro atoms. The van der Waals surface area contributed by atoms with Crippen molar-refractivity contribution in [2.75, 3.05) is 6.61 Å². The molecular weight excluding hydrogens is 252 g/mol. The highest BCUT2D eigenvalue weighted by molar-refractivity contribution is 5.69. The van der Waals surface area contributed by atoms with E-state index in [1.165, 1.54) is 38.5 Å². The third kappa shape index (κ3) is 8.57. The van der Waals surface area contributed by atoms with Crippen molar-refractivity contribution < 1.29 is 14.3 Å². The molecule has 1 rings (SSSR count). The fourth-order valence-electron chi connectivity index (χ4n) is 2.68. The second-order valence-electron chi connectivity index (χ2n) is 6.03. The minimum absolute atomic E-state index is 0.0275. The lowest BCUT2D eigenvalue weighted by molar-refractivity contribution is -0.148. The van der Waals surface area contributed by atoms with Crippen molar-refractivity contribution in [1.82, 2.24) is 0 Å². The maximum Gasteiger partial charge on any atom is 0.306 e. The van der Waals surface area contributed by atoms with Gasteiger partial charge in [0.05, 0.1) is 12.2 Å². The number of esters is 1. The largest absolute Gasteiger partial charge is 0.463 e. The summed E-state index contributed by atoms with van der Waals surface area (Å²) in [5, 5.41) is 0. The molecule has 20 heavy (non-hydrogen) atoms. The molecule has 2 atom stereocenters. The first-order valence-corrected chi connectivity index (χ1v) is 8.53. The van der Waals surface area contributed by atoms with Crippen molar-refractivity contribution in [2.24, 2.45) is 0 Å². The van der Waals surface area contributed by atoms with Crippen molar-refractivity contribution in [2.45, 2.75) is 96.7 Å². The Hall–Kier alpha value is -0.570. The summed E-state index contributed by atoms with van der Waals surface area (Å²) in [5.74, 6) is -0.0275. The topological polar surface area (TPSA) is 35.5 Å². The second kappa shape index (κ2) is 11.1. The Morgan fingerprint density at radius 1 is 1.25 bits per heavy atom. The van der Waals surface area contributed by atoms with Crippen LogP contribution in [0.4, 0.5) is 0 Å². The summed E-state index contributed by atoms with van der Waals surface area (Å²) in [6.07, 6.45) is 12.5. The average Bonchev–Trinajstić information content (AvgIpc) is 2.93. The molecule has 3 nitrogen and oxygen atoms in total. The van der Waals surface area contributed by atoms with E-state index in [1.807, 2.05) is 6.92 Å². The summed E-state index contributed by atoms with van der Waals surface area (Å²) in [6.45, 7) is 5.11. The molecule has 118 valence electrons. The van der Waals surface area contributed by atoms with Gasteiger partial charge in [-0.15, -0.1) is 0 Å². The Bertz CT molecular complexity index is 247. The van der Waals surface area contributed by atoms with Crippen LogP contribution in [0, 0.1) is 0 Å². The number of hydrogen-bond acceptors (Lipinski definition) is 3. The lowest BCUT2D eigenvalue weighted by Gasteiger charge is -2.15. The minimum Gasteiger partial charge on any atom is -0.463 e. The maximum atomic E-state index is 11.7. The van der Waals surface area contributed by atoms with Gasteiger partial charge >= 0.3 is 5.97 Å². The SMILES string of the molecule is CCCCCCCCC(=O)OC(C)CCC1CCCO1. The Labute approximate surface area is 124 Å². The first kappa shape index (κ1) is 17.5. The molecule has 2 unspecified atom stereocenters. The van der Waals surface area contributed by atoms with E-state index in [0.29, 0.717) is 12.5 Å². The predicted octanol–water partition coefficient (Wildman–Crippen LogP) is 4.63. The summed E-state index contributed by atoms with van der Waals surface area (Å²) in [4.78, 5) is 11.7. The first-order valence-electron chi connectivity index (χ1n) is 8.53. The van der Waals surface area contributed by atoms with Crippen LogP contribution in [0.5, 0.6) is 0 Å². The normalized spacial score (nSPS) is 20.0. The van der Waals surface area contributed by atoms with Gasteiger partial charge in [-0.1, -0.05) is 39.0 Å². The van der Waals surface area contributed by atoms with E-state index in [0.717, 1.165) is 32.3 Å². The molecular formula is C17H32O3. The highest BCUT2D eigenvalue weighted by atomic mass is 16.5. The summed E-state index contributed by atoms with van der Waals surface area (Å²) >= 11 is 0. The third-order valence-electron chi connectivity index (χ3n) is 3.99. The minimum atomic E-state index is -0.0275. The summed E-state index contributed by atoms with van der Waals surface area (Å²) in [5.41, 5.74) is 0. The molecule has 0 bridgehead atoms. The Kier molecular flexibility index (Phi) is 9.73. The number of carbonyl (C=O) groups excluding carboxylic acids is 1. The highest BCUT2D eigenvalue weighted by Crippen LogP contribution is 2.18. The number of hydrogen-bond donors (Lipinski definition) is 0. The molecule has 3 heteroatoms. The third-order valence-corrected chi connectivity index (χ3v) is 3.99. The molecule has 0 radical (unpaired) electrons. The lowest BCUT2D eigenvalue weighted by Crippen LogP contribution is -2.17. The summed E-state index contributed by atoms with van der Waals surface area (Å²) < 4.78 is 11.0. The van der Waals surface area contributed by atoms with E-state index in [-0.39, 0.29) is 12.1 Å². The van der Waals surface area contributed by atoms with Crippen molar-refractivity contribution >= 4 is 5.97 Å². The summed E-state index contributed by atoms with van der Waals surface area (Å²) in [6, 6.07) is 0. The van der Waals surface area contributed by atoms with Crippen LogP contribution in [0.25, 0.3) is 0 Å². The lowest BCUT2D eigenvalue weighted by atomic mass is 10.1. The van der Waals surface area contributed by atoms with Crippen LogP contribution >= 0.6 is 0 Å². The molecule has 0 N–H and O–H groups in total. The van der Waals surface area contributed by atoms with Gasteiger partial charge in [0.15, 0.2) is 0 Å². The van der Waals surface area contributed by atoms with Crippen LogP contribution in [-0.2, 0) is 14.3 Å². The molecule has 0 aromatic rings. The molecule has 0 aliphatic carbocycles. The zero-order valence-corrected chi connectivity index (χ0v) is 13.4. The van der Waals surface area contributed by atoms with Crippen LogP contribution in [-0.4, -0.2) is 24.8 Å². The van der Waals surface area contributed by atoms with E-state index < -0.39 is 0 Å². The standard InChI is InChI=1S/C17H32O3/c1-3-4-5-6-7-8-11-17(18)20-15(2)12-13-16-10-9-14-19-16/h15-16H,3-14H2,1-2H3. The Morgan fingerprint density at radius 2 is 2.00 bits per heavy atom. The van der Waals surface area contributed by atoms with E-state index in [2.05, 4.69) is 6.92 Å². The summed E-state index contributed by atoms with van der Waals surface area (Å²) in [7, 11) is 0. The highest BCUT2D eigenvalue weighted by Gasteiger charge is 2.17. The monoisotopic (exact) mass is 284 g/mol. The van der Waals surface area contributed by atoms with Crippen LogP contribution in [0.1, 0.15) is 84.5 Å². The quantitative estimate of drug-likeness (QED) is 0.410. The molecule has 1 aliphatic heterocycles. The molecule has 0 aromatic carbocycles. The van der Waals surface area contributed by atoms with Gasteiger partial charge in [-0.05, 0) is 39.0 Å². The smallest absolute Gasteiger partial charge is 0.306 e. The number of unbranched alkanes of at least 4 members (excludes halogenated alkanes) is 5. The number of rotatable bonds is 11. The molecule has 0 aromatic heterocycles. The molecule has 1 fully saturated rings. The van der Waals surface area contributed by atoms with Crippen molar-refractivity contribution in [3.05, 3.63) is 0 Å². The van der Waals surface area contributed by atoms with Gasteiger partial charge < -0.3 is 9.47 Å². The zero-order valence-electron chi connectivity index (χ0n) is 13.4. The number of carbonyl (C=O) groups is 1. The van der Waals surface area contributed by atoms with Crippen LogP contribution in [0.2, 0.25) is 0 Å². The molecule has 1 heterocycles. The van der Waals surface area contributed by atoms with Gasteiger partial charge in [0.1, 0.15) is 0 Å². The Balaban J connectivity index is 1.94. The van der Waals surface area contributed by atoms with Gasteiger partial charge in [0, 0.05) is 13.0 Å². The maximum absolute atomic E-state index is 11.7. The van der Waals surface area contributed by atoms with E-state index in [9.17, 15) is 4.79 Å². The second-order valence-corrected chi connectivity index (χ2v) is 6.03. The zero-order chi connectivity index (χ0) is 14.6. The Morgan fingerprint density at radius 3 is 2.70 bits per heavy atom. The number of ether oxygens (including phenoxy) is 2. The fourth-order valence-corrected chi connectivity index (χ4v) is 2.68. The van der Waals surface area contributed by atoms with Gasteiger partial charge in [0.2, 0.25) is 0 Å². The molecule has 1 saturated heterocycles. The first-order chi connectivity index (χ1) is 9.72. The van der Waals surface area contributed by atoms with Crippen LogP contribution in [0.3, 0.4) is 0 Å². The van der Waals surface area contributed by atoms with Crippen LogP contribution in [0.15, 0.2) is 0 Å². The van der Waals surface area contributed by atoms with Crippen LogP contribution < -0.4 is 0 Å². The van der Waals surface area contributed by atoms with Gasteiger partial charge in [-0.25, -0.2) is 0 Å². The van der Waals surface area contributed by atoms with E-state index >= 15 is 0 Å². The van der Waals surface area contributed by atoms with Crippen molar-refractivity contribution in [1.29, 1.82) is 0 Å². The average molecular weight is 284 g/mol. The van der Waals surface area contributed by atoms with Crippen molar-refractivity contribution in [3.8, 4) is 0 Å². The predicted molar refractivity (Wildman–Crippen MR) is 81.8 cm³/mol. The molecule has 1 aliphatic rings. The molecule has 0 saturated carbocycles. The molecule has 0 amide bonds. The van der Waals surface area contributed by atoms with E-state index in [4.69, 9.17) is 9.47 Å². The van der Waals surface area contributed by atoms with Gasteiger partial charge in [-0.2, -0.15) is 0 Å². The van der Waals surface area contributed by atoms with Gasteiger partial charge in [0.25, 0.3) is 0 Å². The van der Waals surface area contributed by atoms with E-state index in [1.54, 1.807) is 0 Å².